The lowest BCUT2D eigenvalue weighted by molar-refractivity contribution is -0.0466. The Morgan fingerprint density at radius 2 is 2.03 bits per heavy atom. The molecule has 12 heteroatoms. The van der Waals surface area contributed by atoms with Crippen molar-refractivity contribution in [3.05, 3.63) is 64.1 Å². The van der Waals surface area contributed by atoms with Gasteiger partial charge in [0.25, 0.3) is 11.8 Å². The molecule has 0 radical (unpaired) electrons. The van der Waals surface area contributed by atoms with Gasteiger partial charge in [-0.25, -0.2) is 19.4 Å². The van der Waals surface area contributed by atoms with Crippen molar-refractivity contribution in [2.75, 3.05) is 17.7 Å². The zero-order valence-electron chi connectivity index (χ0n) is 18.7. The number of fused-ring (bicyclic) bond motifs is 1. The Kier molecular flexibility index (Phi) is 6.67. The number of oxazole rings is 1. The first-order chi connectivity index (χ1) is 17.0. The monoisotopic (exact) mass is 515 g/mol. The number of halogens is 1. The van der Waals surface area contributed by atoms with Crippen LogP contribution in [0.25, 0.3) is 0 Å². The molecule has 3 aromatic rings. The minimum atomic E-state index is -0.893. The van der Waals surface area contributed by atoms with Gasteiger partial charge in [-0.3, -0.25) is 9.59 Å². The Morgan fingerprint density at radius 3 is 2.80 bits per heavy atom. The molecular weight excluding hydrogens is 493 g/mol. The Bertz CT molecular complexity index is 1260. The number of carbonyl (C=O) groups excluding carboxylic acids is 2. The van der Waals surface area contributed by atoms with Gasteiger partial charge in [0.05, 0.1) is 12.7 Å². The normalized spacial score (nSPS) is 23.8. The van der Waals surface area contributed by atoms with Gasteiger partial charge in [-0.2, -0.15) is 0 Å². The molecule has 1 unspecified atom stereocenters. The topological polar surface area (TPSA) is 119 Å². The van der Waals surface area contributed by atoms with Crippen LogP contribution in [0, 0.1) is 5.92 Å². The first-order valence-electron chi connectivity index (χ1n) is 10.9. The van der Waals surface area contributed by atoms with E-state index in [9.17, 15) is 14.0 Å². The molecule has 1 aromatic carbocycles. The van der Waals surface area contributed by atoms with Gasteiger partial charge in [-0.15, -0.1) is 11.3 Å². The van der Waals surface area contributed by atoms with E-state index in [0.717, 1.165) is 18.4 Å². The van der Waals surface area contributed by atoms with Crippen molar-refractivity contribution >= 4 is 45.9 Å². The number of aromatic nitrogens is 2. The summed E-state index contributed by atoms with van der Waals surface area (Å²) < 4.78 is 23.6. The van der Waals surface area contributed by atoms with Crippen LogP contribution < -0.4 is 10.6 Å². The number of alkyl halides is 1. The van der Waals surface area contributed by atoms with Gasteiger partial charge in [0, 0.05) is 22.6 Å². The molecule has 35 heavy (non-hydrogen) atoms. The molecule has 9 nitrogen and oxygen atoms in total. The van der Waals surface area contributed by atoms with E-state index >= 15 is 0 Å². The summed E-state index contributed by atoms with van der Waals surface area (Å²) in [6.07, 6.45) is 1.98. The number of rotatable bonds is 5. The molecule has 2 aromatic heterocycles. The molecule has 3 atom stereocenters. The van der Waals surface area contributed by atoms with Crippen LogP contribution >= 0.6 is 23.1 Å². The van der Waals surface area contributed by atoms with Gasteiger partial charge >= 0.3 is 0 Å². The summed E-state index contributed by atoms with van der Waals surface area (Å²) in [5.74, 6) is 0.270. The molecule has 0 bridgehead atoms. The fraction of sp³-hybridized carbons (Fsp3) is 0.348. The highest BCUT2D eigenvalue weighted by Crippen LogP contribution is 2.47. The molecule has 2 aliphatic rings. The first-order valence-corrected chi connectivity index (χ1v) is 12.8. The van der Waals surface area contributed by atoms with E-state index < -0.39 is 18.1 Å². The number of carbonyl (C=O) groups is 2. The van der Waals surface area contributed by atoms with Crippen molar-refractivity contribution in [3.63, 3.8) is 0 Å². The highest BCUT2D eigenvalue weighted by Gasteiger charge is 2.49. The van der Waals surface area contributed by atoms with Crippen LogP contribution in [0.4, 0.5) is 10.2 Å². The van der Waals surface area contributed by atoms with Crippen LogP contribution in [0.15, 0.2) is 51.4 Å². The maximum Gasteiger partial charge on any atom is 0.278 e. The fourth-order valence-corrected chi connectivity index (χ4v) is 6.19. The van der Waals surface area contributed by atoms with Crippen LogP contribution in [-0.2, 0) is 17.0 Å². The third-order valence-corrected chi connectivity index (χ3v) is 7.92. The Morgan fingerprint density at radius 1 is 1.20 bits per heavy atom. The van der Waals surface area contributed by atoms with Gasteiger partial charge in [0.15, 0.2) is 17.5 Å². The number of hydrogen-bond acceptors (Lipinski definition) is 9. The molecule has 2 aliphatic heterocycles. The number of nitrogens with zero attached hydrogens (tertiary/aromatic N) is 3. The maximum absolute atomic E-state index is 12.7. The molecule has 5 rings (SSSR count). The largest absolute Gasteiger partial charge is 0.445 e. The van der Waals surface area contributed by atoms with Gasteiger partial charge < -0.3 is 19.8 Å². The molecule has 4 heterocycles. The molecule has 2 amide bonds. The van der Waals surface area contributed by atoms with E-state index in [0.29, 0.717) is 28.2 Å². The second-order valence-electron chi connectivity index (χ2n) is 8.28. The summed E-state index contributed by atoms with van der Waals surface area (Å²) in [5.41, 5.74) is -0.264. The zero-order chi connectivity index (χ0) is 24.4. The van der Waals surface area contributed by atoms with E-state index in [1.807, 2.05) is 25.1 Å². The lowest BCUT2D eigenvalue weighted by Gasteiger charge is -2.44. The number of thioether (sulfide) groups is 1. The summed E-state index contributed by atoms with van der Waals surface area (Å²) in [5, 5.41) is 8.50. The lowest BCUT2D eigenvalue weighted by Crippen LogP contribution is -2.50. The number of benzene rings is 1. The van der Waals surface area contributed by atoms with Crippen molar-refractivity contribution in [2.45, 2.75) is 31.7 Å². The quantitative estimate of drug-likeness (QED) is 0.527. The molecule has 1 saturated heterocycles. The Balaban J connectivity index is 1.40. The van der Waals surface area contributed by atoms with Crippen molar-refractivity contribution in [1.29, 1.82) is 0 Å². The van der Waals surface area contributed by atoms with Crippen LogP contribution in [0.2, 0.25) is 0 Å². The molecule has 0 spiro atoms. The number of nitrogens with one attached hydrogen (secondary N) is 2. The van der Waals surface area contributed by atoms with Gasteiger partial charge in [-0.05, 0) is 25.5 Å². The second-order valence-corrected chi connectivity index (χ2v) is 10.1. The van der Waals surface area contributed by atoms with E-state index in [1.165, 1.54) is 23.1 Å². The predicted molar refractivity (Wildman–Crippen MR) is 130 cm³/mol. The average molecular weight is 516 g/mol. The highest BCUT2D eigenvalue weighted by atomic mass is 32.2. The second kappa shape index (κ2) is 9.88. The van der Waals surface area contributed by atoms with E-state index in [4.69, 9.17) is 14.1 Å². The molecular formula is C23H22FN5O4S2. The highest BCUT2D eigenvalue weighted by molar-refractivity contribution is 8.13. The molecule has 0 saturated carbocycles. The van der Waals surface area contributed by atoms with Crippen molar-refractivity contribution in [3.8, 4) is 0 Å². The van der Waals surface area contributed by atoms with E-state index in [-0.39, 0.29) is 29.5 Å². The van der Waals surface area contributed by atoms with Crippen molar-refractivity contribution < 1.29 is 23.1 Å². The fourth-order valence-electron chi connectivity index (χ4n) is 4.07. The van der Waals surface area contributed by atoms with Crippen LogP contribution in [0.1, 0.15) is 45.1 Å². The number of ether oxygens (including phenoxy) is 1. The third-order valence-electron chi connectivity index (χ3n) is 5.87. The smallest absolute Gasteiger partial charge is 0.278 e. The number of hydrogen-bond donors (Lipinski definition) is 2. The Hall–Kier alpha value is -3.09. The predicted octanol–water partition coefficient (Wildman–Crippen LogP) is 4.01. The van der Waals surface area contributed by atoms with Crippen molar-refractivity contribution in [2.24, 2.45) is 10.9 Å². The third kappa shape index (κ3) is 4.86. The number of amides is 2. The van der Waals surface area contributed by atoms with Crippen LogP contribution in [0.5, 0.6) is 0 Å². The van der Waals surface area contributed by atoms with E-state index in [1.54, 1.807) is 17.5 Å². The summed E-state index contributed by atoms with van der Waals surface area (Å²) >= 11 is 2.87. The van der Waals surface area contributed by atoms with Crippen LogP contribution in [0.3, 0.4) is 0 Å². The summed E-state index contributed by atoms with van der Waals surface area (Å²) in [6, 6.07) is 8.96. The van der Waals surface area contributed by atoms with Gasteiger partial charge in [0.2, 0.25) is 5.89 Å². The summed E-state index contributed by atoms with van der Waals surface area (Å²) in [7, 11) is 0. The number of anilines is 1. The zero-order valence-corrected chi connectivity index (χ0v) is 20.3. The SMILES string of the molecule is C[C@H]1C[C@H]2CSC(NC(=O)c3ccccc3)=NC2(c2nc(NC(=O)c3coc(CF)n3)cs2)CO1. The Labute approximate surface area is 208 Å². The number of aliphatic imine (C=N–C) groups is 1. The van der Waals surface area contributed by atoms with Crippen molar-refractivity contribution in [1.82, 2.24) is 15.3 Å². The number of thiazole rings is 1. The first kappa shape index (κ1) is 23.6. The summed E-state index contributed by atoms with van der Waals surface area (Å²) in [6.45, 7) is 1.45. The van der Waals surface area contributed by atoms with Gasteiger partial charge in [-0.1, -0.05) is 30.0 Å². The molecule has 182 valence electrons. The molecule has 1 fully saturated rings. The summed E-state index contributed by atoms with van der Waals surface area (Å²) in [4.78, 5) is 38.6. The van der Waals surface area contributed by atoms with Crippen LogP contribution in [-0.4, -0.2) is 45.4 Å². The average Bonchev–Trinajstić information content (AvgIpc) is 3.55. The van der Waals surface area contributed by atoms with Gasteiger partial charge in [0.1, 0.15) is 22.6 Å². The lowest BCUT2D eigenvalue weighted by atomic mass is 9.80. The maximum atomic E-state index is 12.7. The van der Waals surface area contributed by atoms with E-state index in [2.05, 4.69) is 20.6 Å². The molecule has 2 N–H and O–H groups in total. The minimum absolute atomic E-state index is 0.0314. The number of amidine groups is 1. The minimum Gasteiger partial charge on any atom is -0.445 e. The standard InChI is InChI=1S/C23H22FN5O4S2/c1-13-7-15-10-35-22(28-19(30)14-5-3-2-4-6-14)29-23(15,12-33-13)21-27-17(11-34-21)26-20(31)16-9-32-18(8-24)25-16/h2-6,9,11,13,15H,7-8,10,12H2,1H3,(H,26,31)(H,28,29,30)/t13-,15-,23?/m0/s1. The molecule has 0 aliphatic carbocycles.